The fourth-order valence-corrected chi connectivity index (χ4v) is 8.53. The minimum atomic E-state index is 0.0200. The number of amides is 1. The number of carbonyl (C=O) groups is 2. The predicted octanol–water partition coefficient (Wildman–Crippen LogP) is 5.10. The molecule has 29 heavy (non-hydrogen) atoms. The number of rotatable bonds is 1. The van der Waals surface area contributed by atoms with Crippen molar-refractivity contribution in [3.8, 4) is 0 Å². The van der Waals surface area contributed by atoms with E-state index in [2.05, 4.69) is 19.2 Å². The summed E-state index contributed by atoms with van der Waals surface area (Å²) in [5, 5.41) is 3.45. The van der Waals surface area contributed by atoms with Crippen molar-refractivity contribution in [1.82, 2.24) is 5.32 Å². The van der Waals surface area contributed by atoms with Crippen LogP contribution in [-0.2, 0) is 14.3 Å². The van der Waals surface area contributed by atoms with Crippen LogP contribution in [0.3, 0.4) is 0 Å². The van der Waals surface area contributed by atoms with Crippen molar-refractivity contribution >= 4 is 11.9 Å². The van der Waals surface area contributed by atoms with Gasteiger partial charge < -0.3 is 10.1 Å². The van der Waals surface area contributed by atoms with Crippen LogP contribution in [0.2, 0.25) is 0 Å². The third-order valence-corrected chi connectivity index (χ3v) is 10.0. The standard InChI is InChI=1S/C23H35NO3.C2H6/c1-21-9-7-16-14(15(21)5-4-6-17(21)19(26)27-3)13-23(11-12-23)20-22(16,2)10-8-18(25)24-20;1-2/h14-17,20H,4-13H2,1-3H3,(H,24,25);1-2H3/t14?,15?,16?,17-,20?,21+,22-;/m1./s1. The maximum atomic E-state index is 12.6. The van der Waals surface area contributed by atoms with Crippen LogP contribution in [0.15, 0.2) is 0 Å². The van der Waals surface area contributed by atoms with Crippen molar-refractivity contribution in [2.45, 2.75) is 97.9 Å². The Balaban J connectivity index is 0.000000994. The Labute approximate surface area is 176 Å². The molecule has 0 bridgehead atoms. The van der Waals surface area contributed by atoms with Gasteiger partial charge in [0.05, 0.1) is 13.0 Å². The van der Waals surface area contributed by atoms with E-state index < -0.39 is 0 Å². The third kappa shape index (κ3) is 2.98. The summed E-state index contributed by atoms with van der Waals surface area (Å²) in [4.78, 5) is 24.8. The summed E-state index contributed by atoms with van der Waals surface area (Å²) >= 11 is 0. The third-order valence-electron chi connectivity index (χ3n) is 10.0. The molecule has 1 saturated heterocycles. The number of fused-ring (bicyclic) bond motifs is 6. The molecule has 1 aliphatic heterocycles. The van der Waals surface area contributed by atoms with E-state index in [9.17, 15) is 9.59 Å². The number of esters is 1. The second kappa shape index (κ2) is 7.27. The molecule has 1 heterocycles. The summed E-state index contributed by atoms with van der Waals surface area (Å²) in [7, 11) is 1.55. The van der Waals surface area contributed by atoms with Gasteiger partial charge in [-0.15, -0.1) is 0 Å². The van der Waals surface area contributed by atoms with Gasteiger partial charge >= 0.3 is 5.97 Å². The van der Waals surface area contributed by atoms with Gasteiger partial charge in [0.25, 0.3) is 0 Å². The van der Waals surface area contributed by atoms with Crippen molar-refractivity contribution in [3.63, 3.8) is 0 Å². The lowest BCUT2D eigenvalue weighted by atomic mass is 9.41. The fourth-order valence-electron chi connectivity index (χ4n) is 8.53. The average Bonchev–Trinajstić information content (AvgIpc) is 3.49. The molecule has 4 saturated carbocycles. The van der Waals surface area contributed by atoms with Gasteiger partial charge in [0.1, 0.15) is 0 Å². The summed E-state index contributed by atoms with van der Waals surface area (Å²) < 4.78 is 5.22. The Kier molecular flexibility index (Phi) is 5.31. The van der Waals surface area contributed by atoms with Gasteiger partial charge in [-0.05, 0) is 85.4 Å². The zero-order valence-corrected chi connectivity index (χ0v) is 19.2. The largest absolute Gasteiger partial charge is 0.469 e. The van der Waals surface area contributed by atoms with Crippen molar-refractivity contribution in [1.29, 1.82) is 0 Å². The SMILES string of the molecule is CC.COC(=O)[C@H]1CCCC2C3CC4(CC4)C4NC(=O)CC[C@]4(C)C3CC[C@@]21C. The highest BCUT2D eigenvalue weighted by atomic mass is 16.5. The topological polar surface area (TPSA) is 55.4 Å². The molecule has 4 nitrogen and oxygen atoms in total. The monoisotopic (exact) mass is 403 g/mol. The minimum Gasteiger partial charge on any atom is -0.469 e. The lowest BCUT2D eigenvalue weighted by Gasteiger charge is -2.65. The van der Waals surface area contributed by atoms with Crippen LogP contribution in [0, 0.1) is 39.9 Å². The maximum Gasteiger partial charge on any atom is 0.309 e. The van der Waals surface area contributed by atoms with Crippen molar-refractivity contribution in [2.24, 2.45) is 39.9 Å². The van der Waals surface area contributed by atoms with Crippen LogP contribution < -0.4 is 5.32 Å². The summed E-state index contributed by atoms with van der Waals surface area (Å²) in [6.45, 7) is 8.88. The Morgan fingerprint density at radius 1 is 1.00 bits per heavy atom. The highest BCUT2D eigenvalue weighted by molar-refractivity contribution is 5.77. The molecule has 1 amide bonds. The van der Waals surface area contributed by atoms with E-state index in [1.165, 1.54) is 32.1 Å². The Bertz CT molecular complexity index is 671. The minimum absolute atomic E-state index is 0.0200. The molecule has 0 aromatic heterocycles. The van der Waals surface area contributed by atoms with Crippen LogP contribution >= 0.6 is 0 Å². The number of ether oxygens (including phenoxy) is 1. The average molecular weight is 404 g/mol. The lowest BCUT2D eigenvalue weighted by molar-refractivity contribution is -0.176. The summed E-state index contributed by atoms with van der Waals surface area (Å²) in [6, 6.07) is 0.386. The van der Waals surface area contributed by atoms with Gasteiger partial charge in [-0.3, -0.25) is 9.59 Å². The molecule has 1 spiro atoms. The van der Waals surface area contributed by atoms with E-state index in [4.69, 9.17) is 4.74 Å². The first kappa shape index (κ1) is 21.2. The van der Waals surface area contributed by atoms with Gasteiger partial charge in [-0.25, -0.2) is 0 Å². The van der Waals surface area contributed by atoms with Gasteiger partial charge in [0.15, 0.2) is 0 Å². The molecule has 164 valence electrons. The van der Waals surface area contributed by atoms with Crippen LogP contribution in [0.4, 0.5) is 0 Å². The molecule has 0 radical (unpaired) electrons. The van der Waals surface area contributed by atoms with E-state index >= 15 is 0 Å². The van der Waals surface area contributed by atoms with Crippen LogP contribution in [0.5, 0.6) is 0 Å². The molecule has 1 N–H and O–H groups in total. The molecule has 0 aromatic rings. The number of carbonyl (C=O) groups excluding carboxylic acids is 2. The molecule has 7 atom stereocenters. The Morgan fingerprint density at radius 3 is 2.34 bits per heavy atom. The van der Waals surface area contributed by atoms with E-state index in [-0.39, 0.29) is 28.6 Å². The fraction of sp³-hybridized carbons (Fsp3) is 0.920. The maximum absolute atomic E-state index is 12.6. The van der Waals surface area contributed by atoms with Gasteiger partial charge in [-0.2, -0.15) is 0 Å². The number of hydrogen-bond acceptors (Lipinski definition) is 3. The molecular weight excluding hydrogens is 362 g/mol. The van der Waals surface area contributed by atoms with Gasteiger partial charge in [0.2, 0.25) is 5.91 Å². The number of methoxy groups -OCH3 is 1. The quantitative estimate of drug-likeness (QED) is 0.620. The second-order valence-electron chi connectivity index (χ2n) is 11.0. The van der Waals surface area contributed by atoms with Gasteiger partial charge in [-0.1, -0.05) is 34.1 Å². The van der Waals surface area contributed by atoms with E-state index in [1.807, 2.05) is 13.8 Å². The Hall–Kier alpha value is -1.06. The Morgan fingerprint density at radius 2 is 1.69 bits per heavy atom. The zero-order chi connectivity index (χ0) is 21.0. The number of hydrogen-bond donors (Lipinski definition) is 1. The first-order valence-corrected chi connectivity index (χ1v) is 12.2. The molecule has 4 unspecified atom stereocenters. The molecule has 4 aliphatic carbocycles. The van der Waals surface area contributed by atoms with E-state index in [1.54, 1.807) is 7.11 Å². The predicted molar refractivity (Wildman–Crippen MR) is 114 cm³/mol. The smallest absolute Gasteiger partial charge is 0.309 e. The van der Waals surface area contributed by atoms with Gasteiger partial charge in [0, 0.05) is 12.5 Å². The summed E-state index contributed by atoms with van der Waals surface area (Å²) in [6.07, 6.45) is 11.4. The first-order valence-electron chi connectivity index (χ1n) is 12.2. The number of piperidine rings is 1. The molecule has 0 aromatic carbocycles. The molecule has 5 rings (SSSR count). The van der Waals surface area contributed by atoms with Crippen LogP contribution in [-0.4, -0.2) is 25.0 Å². The van der Waals surface area contributed by atoms with Crippen LogP contribution in [0.25, 0.3) is 0 Å². The summed E-state index contributed by atoms with van der Waals surface area (Å²) in [5.74, 6) is 2.42. The molecule has 5 aliphatic rings. The van der Waals surface area contributed by atoms with Crippen molar-refractivity contribution in [2.75, 3.05) is 7.11 Å². The normalized spacial score (nSPS) is 46.8. The first-order chi connectivity index (χ1) is 13.8. The highest BCUT2D eigenvalue weighted by Crippen LogP contribution is 2.72. The number of nitrogens with one attached hydrogen (secondary N) is 1. The van der Waals surface area contributed by atoms with Crippen molar-refractivity contribution in [3.05, 3.63) is 0 Å². The highest BCUT2D eigenvalue weighted by Gasteiger charge is 2.68. The van der Waals surface area contributed by atoms with Crippen molar-refractivity contribution < 1.29 is 14.3 Å². The lowest BCUT2D eigenvalue weighted by Crippen LogP contribution is -2.66. The molecule has 5 fully saturated rings. The molecular formula is C25H41NO3. The van der Waals surface area contributed by atoms with E-state index in [0.29, 0.717) is 29.7 Å². The summed E-state index contributed by atoms with van der Waals surface area (Å²) in [5.41, 5.74) is 0.693. The van der Waals surface area contributed by atoms with Crippen LogP contribution in [0.1, 0.15) is 91.9 Å². The second-order valence-corrected chi connectivity index (χ2v) is 11.0. The molecule has 4 heteroatoms. The zero-order valence-electron chi connectivity index (χ0n) is 19.2. The van der Waals surface area contributed by atoms with E-state index in [0.717, 1.165) is 31.6 Å².